The van der Waals surface area contributed by atoms with Gasteiger partial charge in [0.25, 0.3) is 0 Å². The number of nitrogens with one attached hydrogen (secondary N) is 4. The fraction of sp³-hybridized carbons (Fsp3) is 0.400. The van der Waals surface area contributed by atoms with E-state index in [4.69, 9.17) is 0 Å². The molecule has 28 heavy (non-hydrogen) atoms. The number of unbranched alkanes of at least 4 members (excludes halogenated alkanes) is 3. The molecule has 4 aromatic rings. The molecule has 146 valence electrons. The highest BCUT2D eigenvalue weighted by atomic mass is 15.3. The standard InChI is InChI=1S/C20H26N8/c1(3-11-21-13-15-7-5-9-17-19(15)25-27-23-17)2-4-12-22-14-16-8-6-10-18-20(16)26-28-24-18/h5-10,21-22H,1-4,11-14H2,(H,23,25,27)(H,24,26,28). The molecule has 2 aromatic heterocycles. The number of nitrogens with zero attached hydrogens (tertiary/aromatic N) is 4. The van der Waals surface area contributed by atoms with Crippen LogP contribution in [-0.4, -0.2) is 43.9 Å². The number of fused-ring (bicyclic) bond motifs is 2. The maximum absolute atomic E-state index is 4.22. The van der Waals surface area contributed by atoms with E-state index in [1.165, 1.54) is 36.8 Å². The monoisotopic (exact) mass is 378 g/mol. The molecule has 0 saturated carbocycles. The second kappa shape index (κ2) is 9.38. The highest BCUT2D eigenvalue weighted by molar-refractivity contribution is 5.77. The Labute approximate surface area is 163 Å². The normalized spacial score (nSPS) is 11.6. The molecule has 0 saturated heterocycles. The van der Waals surface area contributed by atoms with E-state index in [1.807, 2.05) is 24.3 Å². The summed E-state index contributed by atoms with van der Waals surface area (Å²) in [5.41, 5.74) is 6.15. The van der Waals surface area contributed by atoms with Crippen molar-refractivity contribution < 1.29 is 0 Å². The van der Waals surface area contributed by atoms with Gasteiger partial charge in [-0.15, -0.1) is 0 Å². The number of para-hydroxylation sites is 2. The Balaban J connectivity index is 1.06. The number of H-pyrrole nitrogens is 2. The molecule has 4 N–H and O–H groups in total. The highest BCUT2D eigenvalue weighted by Gasteiger charge is 2.04. The molecule has 0 fully saturated rings. The van der Waals surface area contributed by atoms with Crippen LogP contribution in [0.4, 0.5) is 0 Å². The third-order valence-corrected chi connectivity index (χ3v) is 4.95. The fourth-order valence-corrected chi connectivity index (χ4v) is 3.44. The van der Waals surface area contributed by atoms with Gasteiger partial charge in [0.15, 0.2) is 0 Å². The van der Waals surface area contributed by atoms with Crippen LogP contribution in [0, 0.1) is 0 Å². The predicted molar refractivity (Wildman–Crippen MR) is 110 cm³/mol. The third-order valence-electron chi connectivity index (χ3n) is 4.95. The molecule has 0 aliphatic rings. The van der Waals surface area contributed by atoms with Gasteiger partial charge in [-0.2, -0.15) is 30.8 Å². The van der Waals surface area contributed by atoms with Crippen LogP contribution in [0.1, 0.15) is 36.8 Å². The summed E-state index contributed by atoms with van der Waals surface area (Å²) in [6.07, 6.45) is 4.85. The second-order valence-corrected chi connectivity index (χ2v) is 6.98. The van der Waals surface area contributed by atoms with E-state index in [1.54, 1.807) is 0 Å². The van der Waals surface area contributed by atoms with Crippen molar-refractivity contribution in [2.24, 2.45) is 0 Å². The minimum absolute atomic E-state index is 0.832. The molecule has 4 rings (SSSR count). The second-order valence-electron chi connectivity index (χ2n) is 6.98. The number of rotatable bonds is 11. The number of aromatic nitrogens is 6. The lowest BCUT2D eigenvalue weighted by molar-refractivity contribution is 0.564. The molecule has 8 heteroatoms. The Morgan fingerprint density at radius 1 is 0.607 bits per heavy atom. The van der Waals surface area contributed by atoms with Crippen molar-refractivity contribution in [2.75, 3.05) is 13.1 Å². The van der Waals surface area contributed by atoms with E-state index in [2.05, 4.69) is 53.6 Å². The Morgan fingerprint density at radius 2 is 1.11 bits per heavy atom. The molecule has 2 heterocycles. The lowest BCUT2D eigenvalue weighted by Crippen LogP contribution is -2.16. The Kier molecular flexibility index (Phi) is 6.21. The first-order valence-electron chi connectivity index (χ1n) is 9.90. The van der Waals surface area contributed by atoms with Crippen LogP contribution in [0.15, 0.2) is 36.4 Å². The van der Waals surface area contributed by atoms with Crippen LogP contribution < -0.4 is 10.6 Å². The zero-order valence-corrected chi connectivity index (χ0v) is 15.9. The average Bonchev–Trinajstić information content (AvgIpc) is 3.39. The summed E-state index contributed by atoms with van der Waals surface area (Å²) in [4.78, 5) is 0. The maximum atomic E-state index is 4.22. The van der Waals surface area contributed by atoms with E-state index >= 15 is 0 Å². The minimum Gasteiger partial charge on any atom is -0.313 e. The Bertz CT molecular complexity index is 923. The van der Waals surface area contributed by atoms with Gasteiger partial charge in [0.2, 0.25) is 0 Å². The SMILES string of the molecule is c1cc(CNCCCCCCNCc2cccc3n[nH]nc23)c2n[nH]nc2c1. The molecule has 0 bridgehead atoms. The van der Waals surface area contributed by atoms with Crippen molar-refractivity contribution >= 4 is 22.1 Å². The summed E-state index contributed by atoms with van der Waals surface area (Å²) in [6, 6.07) is 12.2. The van der Waals surface area contributed by atoms with Gasteiger partial charge in [-0.3, -0.25) is 0 Å². The van der Waals surface area contributed by atoms with E-state index in [0.29, 0.717) is 0 Å². The van der Waals surface area contributed by atoms with Gasteiger partial charge in [-0.25, -0.2) is 0 Å². The van der Waals surface area contributed by atoms with Crippen molar-refractivity contribution in [1.29, 1.82) is 0 Å². The van der Waals surface area contributed by atoms with Crippen LogP contribution in [0.2, 0.25) is 0 Å². The van der Waals surface area contributed by atoms with Crippen LogP contribution in [0.3, 0.4) is 0 Å². The lowest BCUT2D eigenvalue weighted by Gasteiger charge is -2.07. The molecule has 0 aliphatic heterocycles. The summed E-state index contributed by atoms with van der Waals surface area (Å²) in [5, 5.41) is 29.1. The van der Waals surface area contributed by atoms with Crippen molar-refractivity contribution in [3.8, 4) is 0 Å². The number of hydrogen-bond donors (Lipinski definition) is 4. The van der Waals surface area contributed by atoms with Gasteiger partial charge in [0.1, 0.15) is 22.1 Å². The van der Waals surface area contributed by atoms with E-state index in [9.17, 15) is 0 Å². The van der Waals surface area contributed by atoms with Gasteiger partial charge in [-0.1, -0.05) is 37.1 Å². The molecule has 0 amide bonds. The third kappa shape index (κ3) is 4.52. The minimum atomic E-state index is 0.832. The molecule has 8 nitrogen and oxygen atoms in total. The summed E-state index contributed by atoms with van der Waals surface area (Å²) >= 11 is 0. The first kappa shape index (κ1) is 18.5. The molecule has 0 aliphatic carbocycles. The molecular weight excluding hydrogens is 352 g/mol. The van der Waals surface area contributed by atoms with E-state index < -0.39 is 0 Å². The number of benzene rings is 2. The van der Waals surface area contributed by atoms with Gasteiger partial charge in [0, 0.05) is 13.1 Å². The van der Waals surface area contributed by atoms with Crippen molar-refractivity contribution in [1.82, 2.24) is 41.5 Å². The molecule has 0 radical (unpaired) electrons. The van der Waals surface area contributed by atoms with Gasteiger partial charge in [-0.05, 0) is 49.2 Å². The van der Waals surface area contributed by atoms with Crippen LogP contribution in [-0.2, 0) is 13.1 Å². The number of aromatic amines is 2. The summed E-state index contributed by atoms with van der Waals surface area (Å²) in [6.45, 7) is 3.71. The first-order valence-corrected chi connectivity index (χ1v) is 9.90. The first-order chi connectivity index (χ1) is 13.9. The van der Waals surface area contributed by atoms with Crippen molar-refractivity contribution in [3.63, 3.8) is 0 Å². The van der Waals surface area contributed by atoms with Gasteiger partial charge < -0.3 is 10.6 Å². The van der Waals surface area contributed by atoms with E-state index in [-0.39, 0.29) is 0 Å². The quantitative estimate of drug-likeness (QED) is 0.299. The predicted octanol–water partition coefficient (Wildman–Crippen LogP) is 2.67. The summed E-state index contributed by atoms with van der Waals surface area (Å²) < 4.78 is 0. The van der Waals surface area contributed by atoms with Crippen molar-refractivity contribution in [3.05, 3.63) is 47.5 Å². The smallest absolute Gasteiger partial charge is 0.117 e. The molecule has 2 aromatic carbocycles. The van der Waals surface area contributed by atoms with Crippen molar-refractivity contribution in [2.45, 2.75) is 38.8 Å². The lowest BCUT2D eigenvalue weighted by atomic mass is 10.1. The van der Waals surface area contributed by atoms with Crippen LogP contribution >= 0.6 is 0 Å². The van der Waals surface area contributed by atoms with Gasteiger partial charge >= 0.3 is 0 Å². The fourth-order valence-electron chi connectivity index (χ4n) is 3.44. The Hall–Kier alpha value is -2.84. The zero-order valence-electron chi connectivity index (χ0n) is 15.9. The largest absolute Gasteiger partial charge is 0.313 e. The van der Waals surface area contributed by atoms with Crippen LogP contribution in [0.25, 0.3) is 22.1 Å². The topological polar surface area (TPSA) is 107 Å². The van der Waals surface area contributed by atoms with Gasteiger partial charge in [0.05, 0.1) is 0 Å². The van der Waals surface area contributed by atoms with E-state index in [0.717, 1.165) is 48.2 Å². The maximum Gasteiger partial charge on any atom is 0.117 e. The molecular formula is C20H26N8. The molecule has 0 unspecified atom stereocenters. The summed E-state index contributed by atoms with van der Waals surface area (Å²) in [5.74, 6) is 0. The highest BCUT2D eigenvalue weighted by Crippen LogP contribution is 2.14. The van der Waals surface area contributed by atoms with Crippen LogP contribution in [0.5, 0.6) is 0 Å². The molecule has 0 atom stereocenters. The molecule has 0 spiro atoms. The Morgan fingerprint density at radius 3 is 1.61 bits per heavy atom. The average molecular weight is 378 g/mol. The zero-order chi connectivity index (χ0) is 19.0. The number of hydrogen-bond acceptors (Lipinski definition) is 6. The summed E-state index contributed by atoms with van der Waals surface area (Å²) in [7, 11) is 0.